The van der Waals surface area contributed by atoms with E-state index in [1.54, 1.807) is 0 Å². The van der Waals surface area contributed by atoms with E-state index < -0.39 is 16.4 Å². The van der Waals surface area contributed by atoms with Gasteiger partial charge < -0.3 is 10.6 Å². The van der Waals surface area contributed by atoms with E-state index in [4.69, 9.17) is 0 Å². The number of aromatic nitrogens is 4. The van der Waals surface area contributed by atoms with Gasteiger partial charge in [0.1, 0.15) is 5.69 Å². The smallest absolute Gasteiger partial charge is 0.327 e. The van der Waals surface area contributed by atoms with Crippen molar-refractivity contribution >= 4 is 17.3 Å². The van der Waals surface area contributed by atoms with E-state index in [1.165, 1.54) is 16.8 Å². The highest BCUT2D eigenvalue weighted by molar-refractivity contribution is 5.62. The van der Waals surface area contributed by atoms with Gasteiger partial charge in [-0.3, -0.25) is 10.1 Å². The minimum absolute atomic E-state index is 0.120. The van der Waals surface area contributed by atoms with Crippen LogP contribution < -0.4 is 10.6 Å². The van der Waals surface area contributed by atoms with E-state index in [-0.39, 0.29) is 5.69 Å². The molecule has 25 heavy (non-hydrogen) atoms. The number of rotatable bonds is 7. The first-order valence-electron chi connectivity index (χ1n) is 7.41. The summed E-state index contributed by atoms with van der Waals surface area (Å²) in [5.41, 5.74) is 0.342. The maximum atomic E-state index is 13.5. The number of nitrogens with one attached hydrogen (secondary N) is 2. The zero-order valence-corrected chi connectivity index (χ0v) is 13.0. The van der Waals surface area contributed by atoms with E-state index in [1.807, 2.05) is 30.3 Å². The zero-order valence-electron chi connectivity index (χ0n) is 13.0. The lowest BCUT2D eigenvalue weighted by molar-refractivity contribution is -0.386. The number of hydrogen-bond acceptors (Lipinski definition) is 7. The number of benzene rings is 2. The van der Waals surface area contributed by atoms with Crippen molar-refractivity contribution in [1.29, 1.82) is 0 Å². The molecular formula is C15H14FN7O2. The fourth-order valence-electron chi connectivity index (χ4n) is 2.26. The highest BCUT2D eigenvalue weighted by Crippen LogP contribution is 2.26. The van der Waals surface area contributed by atoms with Gasteiger partial charge in [-0.1, -0.05) is 29.4 Å². The van der Waals surface area contributed by atoms with Crippen LogP contribution in [0.2, 0.25) is 0 Å². The van der Waals surface area contributed by atoms with Crippen LogP contribution >= 0.6 is 0 Å². The molecule has 0 aliphatic carbocycles. The summed E-state index contributed by atoms with van der Waals surface area (Å²) in [7, 11) is 0. The third-order valence-corrected chi connectivity index (χ3v) is 3.36. The third-order valence-electron chi connectivity index (χ3n) is 3.36. The topological polar surface area (TPSA) is 111 Å². The van der Waals surface area contributed by atoms with Crippen molar-refractivity contribution < 1.29 is 9.31 Å². The first-order chi connectivity index (χ1) is 12.2. The van der Waals surface area contributed by atoms with Gasteiger partial charge in [0.2, 0.25) is 11.8 Å². The summed E-state index contributed by atoms with van der Waals surface area (Å²) >= 11 is 0. The van der Waals surface area contributed by atoms with Gasteiger partial charge in [-0.25, -0.2) is 0 Å². The summed E-state index contributed by atoms with van der Waals surface area (Å²) < 4.78 is 15.1. The number of nitro groups is 1. The SMILES string of the molecule is O=[N+]([O-])c1c(F)cccc1NCCNc1nnnn1-c1ccccc1. The van der Waals surface area contributed by atoms with Crippen LogP contribution in [0.4, 0.5) is 21.7 Å². The van der Waals surface area contributed by atoms with E-state index in [0.29, 0.717) is 19.0 Å². The second-order valence-corrected chi connectivity index (χ2v) is 5.00. The van der Waals surface area contributed by atoms with Gasteiger partial charge >= 0.3 is 5.69 Å². The molecule has 1 aromatic heterocycles. The number of halogens is 1. The maximum absolute atomic E-state index is 13.5. The molecule has 2 aromatic carbocycles. The second kappa shape index (κ2) is 7.34. The first-order valence-corrected chi connectivity index (χ1v) is 7.41. The molecule has 2 N–H and O–H groups in total. The summed E-state index contributed by atoms with van der Waals surface area (Å²) in [6.07, 6.45) is 0. The first kappa shape index (κ1) is 16.3. The number of nitrogens with zero attached hydrogens (tertiary/aromatic N) is 5. The molecule has 0 atom stereocenters. The van der Waals surface area contributed by atoms with Crippen LogP contribution in [0.25, 0.3) is 5.69 Å². The number of hydrogen-bond donors (Lipinski definition) is 2. The maximum Gasteiger partial charge on any atom is 0.327 e. The monoisotopic (exact) mass is 343 g/mol. The lowest BCUT2D eigenvalue weighted by Crippen LogP contribution is -2.17. The van der Waals surface area contributed by atoms with Crippen LogP contribution in [0, 0.1) is 15.9 Å². The standard InChI is InChI=1S/C15H14FN7O2/c16-12-7-4-8-13(14(12)23(24)25)17-9-10-18-15-19-20-21-22(15)11-5-2-1-3-6-11/h1-8,17H,9-10H2,(H,18,19,21). The average molecular weight is 343 g/mol. The fraction of sp³-hybridized carbons (Fsp3) is 0.133. The van der Waals surface area contributed by atoms with Crippen molar-refractivity contribution in [3.05, 3.63) is 64.5 Å². The molecule has 0 aliphatic rings. The summed E-state index contributed by atoms with van der Waals surface area (Å²) in [6, 6.07) is 13.2. The molecule has 0 aliphatic heterocycles. The molecule has 0 fully saturated rings. The molecule has 1 heterocycles. The molecule has 0 saturated carbocycles. The Morgan fingerprint density at radius 2 is 1.84 bits per heavy atom. The van der Waals surface area contributed by atoms with Crippen molar-refractivity contribution in [2.75, 3.05) is 23.7 Å². The van der Waals surface area contributed by atoms with Crippen molar-refractivity contribution in [2.24, 2.45) is 0 Å². The van der Waals surface area contributed by atoms with Gasteiger partial charge in [-0.05, 0) is 34.7 Å². The van der Waals surface area contributed by atoms with Gasteiger partial charge in [-0.15, -0.1) is 0 Å². The van der Waals surface area contributed by atoms with Gasteiger partial charge in [0.15, 0.2) is 0 Å². The van der Waals surface area contributed by atoms with Crippen molar-refractivity contribution in [2.45, 2.75) is 0 Å². The number of nitro benzene ring substituents is 1. The van der Waals surface area contributed by atoms with Crippen LogP contribution in [-0.2, 0) is 0 Å². The minimum Gasteiger partial charge on any atom is -0.378 e. The van der Waals surface area contributed by atoms with Gasteiger partial charge in [0.25, 0.3) is 0 Å². The Kier molecular flexibility index (Phi) is 4.79. The molecule has 3 aromatic rings. The highest BCUT2D eigenvalue weighted by Gasteiger charge is 2.19. The van der Waals surface area contributed by atoms with Crippen LogP contribution in [0.1, 0.15) is 0 Å². The summed E-state index contributed by atoms with van der Waals surface area (Å²) in [5, 5.41) is 28.2. The predicted octanol–water partition coefficient (Wildman–Crippen LogP) is 2.23. The molecule has 0 unspecified atom stereocenters. The summed E-state index contributed by atoms with van der Waals surface area (Å²) in [6.45, 7) is 0.687. The Morgan fingerprint density at radius 1 is 1.08 bits per heavy atom. The molecule has 3 rings (SSSR count). The zero-order chi connectivity index (χ0) is 17.6. The minimum atomic E-state index is -0.879. The Balaban J connectivity index is 1.62. The van der Waals surface area contributed by atoms with Crippen LogP contribution in [-0.4, -0.2) is 38.2 Å². The molecule has 9 nitrogen and oxygen atoms in total. The Bertz CT molecular complexity index is 869. The molecule has 10 heteroatoms. The number of anilines is 2. The molecule has 0 saturated heterocycles. The van der Waals surface area contributed by atoms with Crippen LogP contribution in [0.5, 0.6) is 0 Å². The summed E-state index contributed by atoms with van der Waals surface area (Å²) in [4.78, 5) is 10.2. The van der Waals surface area contributed by atoms with E-state index in [2.05, 4.69) is 26.2 Å². The van der Waals surface area contributed by atoms with Crippen LogP contribution in [0.15, 0.2) is 48.5 Å². The predicted molar refractivity (Wildman–Crippen MR) is 89.2 cm³/mol. The quantitative estimate of drug-likeness (QED) is 0.384. The molecule has 128 valence electrons. The van der Waals surface area contributed by atoms with Crippen molar-refractivity contribution in [1.82, 2.24) is 20.2 Å². The lowest BCUT2D eigenvalue weighted by atomic mass is 10.2. The summed E-state index contributed by atoms with van der Waals surface area (Å²) in [5.74, 6) is -0.447. The number of para-hydroxylation sites is 2. The number of tetrazole rings is 1. The normalized spacial score (nSPS) is 10.4. The third kappa shape index (κ3) is 3.68. The van der Waals surface area contributed by atoms with Crippen molar-refractivity contribution in [3.63, 3.8) is 0 Å². The Labute approximate surface area is 141 Å². The Hall–Kier alpha value is -3.56. The largest absolute Gasteiger partial charge is 0.378 e. The molecule has 0 spiro atoms. The molecular weight excluding hydrogens is 329 g/mol. The lowest BCUT2D eigenvalue weighted by Gasteiger charge is -2.09. The van der Waals surface area contributed by atoms with Crippen LogP contribution in [0.3, 0.4) is 0 Å². The average Bonchev–Trinajstić information content (AvgIpc) is 3.07. The van der Waals surface area contributed by atoms with Gasteiger partial charge in [0, 0.05) is 13.1 Å². The van der Waals surface area contributed by atoms with E-state index >= 15 is 0 Å². The van der Waals surface area contributed by atoms with E-state index in [0.717, 1.165) is 11.8 Å². The highest BCUT2D eigenvalue weighted by atomic mass is 19.1. The van der Waals surface area contributed by atoms with Gasteiger partial charge in [0.05, 0.1) is 10.6 Å². The molecule has 0 amide bonds. The Morgan fingerprint density at radius 3 is 2.60 bits per heavy atom. The molecule has 0 bridgehead atoms. The van der Waals surface area contributed by atoms with Crippen molar-refractivity contribution in [3.8, 4) is 5.69 Å². The second-order valence-electron chi connectivity index (χ2n) is 5.00. The van der Waals surface area contributed by atoms with E-state index in [9.17, 15) is 14.5 Å². The molecule has 0 radical (unpaired) electrons. The fourth-order valence-corrected chi connectivity index (χ4v) is 2.26. The van der Waals surface area contributed by atoms with Gasteiger partial charge in [-0.2, -0.15) is 9.07 Å².